The maximum absolute atomic E-state index is 11.2. The van der Waals surface area contributed by atoms with Crippen molar-refractivity contribution < 1.29 is 29.1 Å². The smallest absolute Gasteiger partial charge is 0.332 e. The van der Waals surface area contributed by atoms with Gasteiger partial charge in [0.2, 0.25) is 0 Å². The molecule has 0 heterocycles. The molecule has 7 heteroatoms. The van der Waals surface area contributed by atoms with E-state index >= 15 is 0 Å². The van der Waals surface area contributed by atoms with E-state index in [1.165, 1.54) is 0 Å². The summed E-state index contributed by atoms with van der Waals surface area (Å²) in [6.07, 6.45) is 2.45. The number of allylic oxidation sites excluding steroid dienone is 1. The molecule has 2 N–H and O–H groups in total. The number of aliphatic hydroxyl groups excluding tert-OH is 1. The molecule has 1 atom stereocenters. The van der Waals surface area contributed by atoms with Crippen molar-refractivity contribution in [1.29, 1.82) is 0 Å². The van der Waals surface area contributed by atoms with E-state index in [-0.39, 0.29) is 31.5 Å². The first-order valence-corrected chi connectivity index (χ1v) is 5.78. The van der Waals surface area contributed by atoms with Gasteiger partial charge in [-0.2, -0.15) is 5.48 Å². The minimum absolute atomic E-state index is 0.0415. The zero-order chi connectivity index (χ0) is 14.7. The predicted molar refractivity (Wildman–Crippen MR) is 64.7 cm³/mol. The van der Waals surface area contributed by atoms with Gasteiger partial charge in [-0.1, -0.05) is 6.92 Å². The average molecular weight is 271 g/mol. The van der Waals surface area contributed by atoms with Gasteiger partial charge in [0.05, 0.1) is 6.26 Å². The fourth-order valence-electron chi connectivity index (χ4n) is 1.12. The highest BCUT2D eigenvalue weighted by Gasteiger charge is 2.14. The van der Waals surface area contributed by atoms with Crippen LogP contribution >= 0.6 is 0 Å². The predicted octanol–water partition coefficient (Wildman–Crippen LogP) is 0.597. The van der Waals surface area contributed by atoms with Crippen molar-refractivity contribution in [2.24, 2.45) is 5.92 Å². The summed E-state index contributed by atoms with van der Waals surface area (Å²) in [5, 5.41) is 8.41. The van der Waals surface area contributed by atoms with Gasteiger partial charge in [0.25, 0.3) is 5.91 Å². The average Bonchev–Trinajstić information content (AvgIpc) is 2.40. The Labute approximate surface area is 110 Å². The van der Waals surface area contributed by atoms with Crippen molar-refractivity contribution in [3.8, 4) is 0 Å². The first-order chi connectivity index (χ1) is 9.01. The summed E-state index contributed by atoms with van der Waals surface area (Å²) in [6.45, 7) is 1.61. The third-order valence-electron chi connectivity index (χ3n) is 2.27. The van der Waals surface area contributed by atoms with Crippen molar-refractivity contribution in [3.63, 3.8) is 0 Å². The van der Waals surface area contributed by atoms with E-state index in [9.17, 15) is 19.2 Å². The van der Waals surface area contributed by atoms with E-state index in [0.717, 1.165) is 6.08 Å². The summed E-state index contributed by atoms with van der Waals surface area (Å²) in [5.74, 6) is -1.97. The van der Waals surface area contributed by atoms with Crippen LogP contribution in [0.1, 0.15) is 32.6 Å². The Kier molecular flexibility index (Phi) is 8.68. The van der Waals surface area contributed by atoms with Crippen molar-refractivity contribution in [1.82, 2.24) is 5.48 Å². The van der Waals surface area contributed by atoms with Crippen LogP contribution in [0.25, 0.3) is 0 Å². The summed E-state index contributed by atoms with van der Waals surface area (Å²) in [6, 6.07) is 0. The third-order valence-corrected chi connectivity index (χ3v) is 2.27. The lowest BCUT2D eigenvalue weighted by Crippen LogP contribution is -2.27. The van der Waals surface area contributed by atoms with Crippen LogP contribution in [0.3, 0.4) is 0 Å². The van der Waals surface area contributed by atoms with Crippen LogP contribution in [0.4, 0.5) is 0 Å². The van der Waals surface area contributed by atoms with Crippen molar-refractivity contribution in [3.05, 3.63) is 12.3 Å². The molecule has 0 aliphatic rings. The Bertz CT molecular complexity index is 363. The number of ketones is 1. The Morgan fingerprint density at radius 2 is 2.00 bits per heavy atom. The zero-order valence-corrected chi connectivity index (χ0v) is 10.6. The van der Waals surface area contributed by atoms with Gasteiger partial charge in [-0.15, -0.1) is 0 Å². The Morgan fingerprint density at radius 3 is 2.58 bits per heavy atom. The number of carbonyl (C=O) groups is 4. The van der Waals surface area contributed by atoms with E-state index in [4.69, 9.17) is 5.11 Å². The number of hydrogen-bond donors (Lipinski definition) is 2. The largest absolute Gasteiger partial charge is 0.515 e. The van der Waals surface area contributed by atoms with Crippen LogP contribution in [0.15, 0.2) is 12.3 Å². The molecule has 7 nitrogen and oxygen atoms in total. The molecule has 0 aromatic rings. The second-order valence-corrected chi connectivity index (χ2v) is 3.86. The molecule has 1 unspecified atom stereocenters. The number of hydrogen-bond acceptors (Lipinski definition) is 6. The van der Waals surface area contributed by atoms with Gasteiger partial charge < -0.3 is 14.7 Å². The number of amides is 1. The highest BCUT2D eigenvalue weighted by atomic mass is 16.7. The molecule has 0 bridgehead atoms. The molecule has 0 saturated heterocycles. The summed E-state index contributed by atoms with van der Waals surface area (Å²) in [7, 11) is 0. The van der Waals surface area contributed by atoms with E-state index in [1.807, 2.05) is 5.48 Å². The van der Waals surface area contributed by atoms with Gasteiger partial charge in [-0.05, 0) is 6.42 Å². The molecule has 0 spiro atoms. The molecule has 0 radical (unpaired) electrons. The molecule has 0 rings (SSSR count). The van der Waals surface area contributed by atoms with Gasteiger partial charge in [0.1, 0.15) is 6.29 Å². The number of aldehydes is 1. The topological polar surface area (TPSA) is 110 Å². The van der Waals surface area contributed by atoms with Gasteiger partial charge in [0.15, 0.2) is 5.78 Å². The van der Waals surface area contributed by atoms with Gasteiger partial charge >= 0.3 is 5.97 Å². The lowest BCUT2D eigenvalue weighted by Gasteiger charge is -2.07. The molecule has 0 aliphatic carbocycles. The summed E-state index contributed by atoms with van der Waals surface area (Å²) >= 11 is 0. The highest BCUT2D eigenvalue weighted by molar-refractivity contribution is 5.91. The lowest BCUT2D eigenvalue weighted by molar-refractivity contribution is -0.158. The van der Waals surface area contributed by atoms with Crippen LogP contribution in [0.5, 0.6) is 0 Å². The van der Waals surface area contributed by atoms with Crippen LogP contribution < -0.4 is 5.48 Å². The summed E-state index contributed by atoms with van der Waals surface area (Å²) in [4.78, 5) is 47.9. The Balaban J connectivity index is 3.84. The van der Waals surface area contributed by atoms with Gasteiger partial charge in [0, 0.05) is 31.3 Å². The van der Waals surface area contributed by atoms with Crippen LogP contribution in [0.2, 0.25) is 0 Å². The van der Waals surface area contributed by atoms with E-state index in [2.05, 4.69) is 4.84 Å². The summed E-state index contributed by atoms with van der Waals surface area (Å²) in [5.41, 5.74) is 1.91. The minimum atomic E-state index is -0.674. The minimum Gasteiger partial charge on any atom is -0.515 e. The SMILES string of the molecule is CC(CCC(=O)ONC(=O)CCC=O)C(=O)/C=C\O. The molecule has 19 heavy (non-hydrogen) atoms. The number of aliphatic hydroxyl groups is 1. The van der Waals surface area contributed by atoms with E-state index in [0.29, 0.717) is 12.5 Å². The quantitative estimate of drug-likeness (QED) is 0.289. The Morgan fingerprint density at radius 1 is 1.32 bits per heavy atom. The van der Waals surface area contributed by atoms with Crippen molar-refractivity contribution >= 4 is 23.9 Å². The van der Waals surface area contributed by atoms with Gasteiger partial charge in [-0.3, -0.25) is 9.59 Å². The molecule has 1 amide bonds. The molecule has 0 fully saturated rings. The van der Waals surface area contributed by atoms with Gasteiger partial charge in [-0.25, -0.2) is 4.79 Å². The number of carbonyl (C=O) groups excluding carboxylic acids is 4. The maximum atomic E-state index is 11.2. The molecular weight excluding hydrogens is 254 g/mol. The fraction of sp³-hybridized carbons (Fsp3) is 0.500. The molecule has 0 saturated carbocycles. The highest BCUT2D eigenvalue weighted by Crippen LogP contribution is 2.08. The molecule has 0 aromatic carbocycles. The first kappa shape index (κ1) is 16.8. The number of nitrogens with one attached hydrogen (secondary N) is 1. The monoisotopic (exact) mass is 271 g/mol. The molecular formula is C12H17NO6. The van der Waals surface area contributed by atoms with Crippen LogP contribution in [-0.2, 0) is 24.0 Å². The standard InChI is InChI=1S/C12H17NO6/c1-9(10(16)6-8-15)4-5-12(18)19-13-11(17)3-2-7-14/h6-9,15H,2-5H2,1H3,(H,13,17)/b8-6-. The third kappa shape index (κ3) is 8.53. The van der Waals surface area contributed by atoms with Crippen LogP contribution in [-0.4, -0.2) is 29.1 Å². The normalized spacial score (nSPS) is 11.8. The second kappa shape index (κ2) is 9.81. The maximum Gasteiger partial charge on any atom is 0.332 e. The molecule has 0 aromatic heterocycles. The number of hydroxylamine groups is 1. The second-order valence-electron chi connectivity index (χ2n) is 3.86. The van der Waals surface area contributed by atoms with Crippen molar-refractivity contribution in [2.75, 3.05) is 0 Å². The lowest BCUT2D eigenvalue weighted by atomic mass is 10.0. The zero-order valence-electron chi connectivity index (χ0n) is 10.6. The summed E-state index contributed by atoms with van der Waals surface area (Å²) < 4.78 is 0. The molecule has 0 aliphatic heterocycles. The first-order valence-electron chi connectivity index (χ1n) is 5.78. The molecule has 106 valence electrons. The van der Waals surface area contributed by atoms with Crippen LogP contribution in [0, 0.1) is 5.92 Å². The Hall–Kier alpha value is -2.18. The fourth-order valence-corrected chi connectivity index (χ4v) is 1.12. The van der Waals surface area contributed by atoms with E-state index in [1.54, 1.807) is 6.92 Å². The van der Waals surface area contributed by atoms with E-state index < -0.39 is 17.8 Å². The van der Waals surface area contributed by atoms with Crippen molar-refractivity contribution in [2.45, 2.75) is 32.6 Å². The number of rotatable bonds is 8.